The van der Waals surface area contributed by atoms with Crippen molar-refractivity contribution in [2.75, 3.05) is 0 Å². The van der Waals surface area contributed by atoms with Crippen LogP contribution >= 0.6 is 23.2 Å². The Kier molecular flexibility index (Phi) is 6.68. The van der Waals surface area contributed by atoms with Crippen molar-refractivity contribution in [2.24, 2.45) is 5.73 Å². The summed E-state index contributed by atoms with van der Waals surface area (Å²) in [6.07, 6.45) is 0.534. The van der Waals surface area contributed by atoms with Crippen molar-refractivity contribution < 1.29 is 5.11 Å². The highest BCUT2D eigenvalue weighted by Gasteiger charge is 2.11. The third-order valence-electron chi connectivity index (χ3n) is 3.41. The maximum Gasteiger partial charge on any atom is 0.106 e. The fourth-order valence-corrected chi connectivity index (χ4v) is 2.74. The minimum absolute atomic E-state index is 0.106. The van der Waals surface area contributed by atoms with E-state index in [2.05, 4.69) is 5.32 Å². The number of hydrogen-bond donors (Lipinski definition) is 3. The van der Waals surface area contributed by atoms with Gasteiger partial charge in [0.2, 0.25) is 0 Å². The molecule has 0 aliphatic carbocycles. The molecule has 2 aromatic carbocycles. The lowest BCUT2D eigenvalue weighted by Crippen LogP contribution is -2.36. The lowest BCUT2D eigenvalue weighted by Gasteiger charge is -2.18. The van der Waals surface area contributed by atoms with Crippen LogP contribution in [0, 0.1) is 0 Å². The summed E-state index contributed by atoms with van der Waals surface area (Å²) >= 11 is 12.0. The Hall–Kier alpha value is -1.10. The standard InChI is InChI=1S/C17H20Cl2N2O/c18-14-7-6-13(16(19)9-14)11-21-17(22)10-15(20)8-12-4-2-1-3-5-12/h1-7,9,15,17,21-22H,8,10-11,20H2. The normalized spacial score (nSPS) is 13.8. The summed E-state index contributed by atoms with van der Waals surface area (Å²) in [4.78, 5) is 0. The lowest BCUT2D eigenvalue weighted by atomic mass is 10.0. The SMILES string of the molecule is NC(Cc1ccccc1)CC(O)NCc1ccc(Cl)cc1Cl. The zero-order valence-electron chi connectivity index (χ0n) is 12.2. The van der Waals surface area contributed by atoms with Crippen LogP contribution in [0.1, 0.15) is 17.5 Å². The summed E-state index contributed by atoms with van der Waals surface area (Å²) < 4.78 is 0. The summed E-state index contributed by atoms with van der Waals surface area (Å²) in [5.74, 6) is 0. The van der Waals surface area contributed by atoms with Crippen molar-refractivity contribution in [1.82, 2.24) is 5.32 Å². The first-order valence-electron chi connectivity index (χ1n) is 7.19. The highest BCUT2D eigenvalue weighted by molar-refractivity contribution is 6.35. The molecule has 4 N–H and O–H groups in total. The predicted octanol–water partition coefficient (Wildman–Crippen LogP) is 3.36. The molecule has 0 aliphatic heterocycles. The van der Waals surface area contributed by atoms with E-state index in [-0.39, 0.29) is 6.04 Å². The molecule has 0 aromatic heterocycles. The van der Waals surface area contributed by atoms with E-state index >= 15 is 0 Å². The van der Waals surface area contributed by atoms with Crippen LogP contribution < -0.4 is 11.1 Å². The summed E-state index contributed by atoms with van der Waals surface area (Å²) in [5, 5.41) is 14.2. The van der Waals surface area contributed by atoms with Gasteiger partial charge in [0.1, 0.15) is 6.23 Å². The van der Waals surface area contributed by atoms with Gasteiger partial charge < -0.3 is 10.8 Å². The van der Waals surface area contributed by atoms with Gasteiger partial charge >= 0.3 is 0 Å². The van der Waals surface area contributed by atoms with Crippen LogP contribution in [0.4, 0.5) is 0 Å². The summed E-state index contributed by atoms with van der Waals surface area (Å²) in [6, 6.07) is 15.2. The Labute approximate surface area is 141 Å². The van der Waals surface area contributed by atoms with Gasteiger partial charge in [-0.2, -0.15) is 0 Å². The molecule has 2 unspecified atom stereocenters. The minimum atomic E-state index is -0.676. The lowest BCUT2D eigenvalue weighted by molar-refractivity contribution is 0.118. The molecule has 0 amide bonds. The monoisotopic (exact) mass is 338 g/mol. The molecule has 0 spiro atoms. The third kappa shape index (κ3) is 5.59. The zero-order chi connectivity index (χ0) is 15.9. The van der Waals surface area contributed by atoms with Gasteiger partial charge in [0.05, 0.1) is 0 Å². The molecule has 22 heavy (non-hydrogen) atoms. The number of nitrogens with one attached hydrogen (secondary N) is 1. The number of aliphatic hydroxyl groups excluding tert-OH is 1. The highest BCUT2D eigenvalue weighted by atomic mass is 35.5. The molecule has 2 atom stereocenters. The zero-order valence-corrected chi connectivity index (χ0v) is 13.7. The average Bonchev–Trinajstić information content (AvgIpc) is 2.47. The van der Waals surface area contributed by atoms with Crippen molar-refractivity contribution in [3.63, 3.8) is 0 Å². The van der Waals surface area contributed by atoms with Gasteiger partial charge in [-0.15, -0.1) is 0 Å². The summed E-state index contributed by atoms with van der Waals surface area (Å²) in [5.41, 5.74) is 8.14. The molecule has 5 heteroatoms. The Morgan fingerprint density at radius 1 is 1.09 bits per heavy atom. The van der Waals surface area contributed by atoms with Gasteiger partial charge in [-0.05, 0) is 29.7 Å². The fourth-order valence-electron chi connectivity index (χ4n) is 2.26. The molecule has 0 fully saturated rings. The maximum atomic E-state index is 10.0. The van der Waals surface area contributed by atoms with Crippen molar-refractivity contribution in [1.29, 1.82) is 0 Å². The van der Waals surface area contributed by atoms with Gasteiger partial charge in [-0.1, -0.05) is 59.6 Å². The van der Waals surface area contributed by atoms with Gasteiger partial charge in [0.15, 0.2) is 0 Å². The first kappa shape index (κ1) is 17.3. The molecule has 0 radical (unpaired) electrons. The minimum Gasteiger partial charge on any atom is -0.379 e. The molecule has 2 rings (SSSR count). The molecular formula is C17H20Cl2N2O. The number of halogens is 2. The number of aliphatic hydroxyl groups is 1. The third-order valence-corrected chi connectivity index (χ3v) is 4.00. The molecule has 0 saturated carbocycles. The summed E-state index contributed by atoms with van der Waals surface area (Å²) in [6.45, 7) is 0.467. The van der Waals surface area contributed by atoms with Crippen LogP contribution in [0.3, 0.4) is 0 Å². The Bertz CT molecular complexity index is 592. The second kappa shape index (κ2) is 8.51. The number of rotatable bonds is 7. The molecule has 0 bridgehead atoms. The molecule has 0 aliphatic rings. The van der Waals surface area contributed by atoms with Gasteiger partial charge in [0.25, 0.3) is 0 Å². The highest BCUT2D eigenvalue weighted by Crippen LogP contribution is 2.20. The van der Waals surface area contributed by atoms with Gasteiger partial charge in [-0.3, -0.25) is 5.32 Å². The first-order chi connectivity index (χ1) is 10.5. The maximum absolute atomic E-state index is 10.0. The number of nitrogens with two attached hydrogens (primary N) is 1. The fraction of sp³-hybridized carbons (Fsp3) is 0.294. The van der Waals surface area contributed by atoms with Crippen LogP contribution in [0.2, 0.25) is 10.0 Å². The molecule has 0 saturated heterocycles. The van der Waals surface area contributed by atoms with E-state index in [0.29, 0.717) is 23.0 Å². The summed E-state index contributed by atoms with van der Waals surface area (Å²) in [7, 11) is 0. The molecule has 3 nitrogen and oxygen atoms in total. The van der Waals surface area contributed by atoms with Gasteiger partial charge in [-0.25, -0.2) is 0 Å². The van der Waals surface area contributed by atoms with Crippen LogP contribution in [0.5, 0.6) is 0 Å². The molecule has 0 heterocycles. The van der Waals surface area contributed by atoms with E-state index in [1.807, 2.05) is 36.4 Å². The van der Waals surface area contributed by atoms with Crippen molar-refractivity contribution in [3.8, 4) is 0 Å². The van der Waals surface area contributed by atoms with E-state index in [0.717, 1.165) is 12.0 Å². The topological polar surface area (TPSA) is 58.3 Å². The Morgan fingerprint density at radius 2 is 1.82 bits per heavy atom. The number of benzene rings is 2. The molecule has 2 aromatic rings. The Morgan fingerprint density at radius 3 is 2.50 bits per heavy atom. The van der Waals surface area contributed by atoms with E-state index in [1.165, 1.54) is 5.56 Å². The largest absolute Gasteiger partial charge is 0.379 e. The predicted molar refractivity (Wildman–Crippen MR) is 92.0 cm³/mol. The van der Waals surface area contributed by atoms with Crippen LogP contribution in [0.15, 0.2) is 48.5 Å². The van der Waals surface area contributed by atoms with Crippen LogP contribution in [-0.2, 0) is 13.0 Å². The van der Waals surface area contributed by atoms with Gasteiger partial charge in [0, 0.05) is 29.1 Å². The van der Waals surface area contributed by atoms with E-state index < -0.39 is 6.23 Å². The second-order valence-corrected chi connectivity index (χ2v) is 6.16. The second-order valence-electron chi connectivity index (χ2n) is 5.32. The first-order valence-corrected chi connectivity index (χ1v) is 7.95. The number of hydrogen-bond acceptors (Lipinski definition) is 3. The molecule has 118 valence electrons. The van der Waals surface area contributed by atoms with E-state index in [9.17, 15) is 5.11 Å². The molecular weight excluding hydrogens is 319 g/mol. The van der Waals surface area contributed by atoms with Crippen LogP contribution in [0.25, 0.3) is 0 Å². The average molecular weight is 339 g/mol. The quantitative estimate of drug-likeness (QED) is 0.678. The van der Waals surface area contributed by atoms with E-state index in [1.54, 1.807) is 12.1 Å². The van der Waals surface area contributed by atoms with Crippen molar-refractivity contribution >= 4 is 23.2 Å². The van der Waals surface area contributed by atoms with Crippen molar-refractivity contribution in [2.45, 2.75) is 31.7 Å². The Balaban J connectivity index is 1.78. The van der Waals surface area contributed by atoms with Crippen molar-refractivity contribution in [3.05, 3.63) is 69.7 Å². The van der Waals surface area contributed by atoms with E-state index in [4.69, 9.17) is 28.9 Å². The smallest absolute Gasteiger partial charge is 0.106 e. The van der Waals surface area contributed by atoms with Crippen LogP contribution in [-0.4, -0.2) is 17.4 Å².